The molecule has 0 saturated heterocycles. The third-order valence-electron chi connectivity index (χ3n) is 3.02. The van der Waals surface area contributed by atoms with Gasteiger partial charge in [0.15, 0.2) is 0 Å². The standard InChI is InChI=1S/C12H12F3NO2/c13-12(14,15)6-16-10-4-3-7-1-2-8(11(17)18)5-9(7)10/h1-2,5,10,16H,3-4,6H2,(H,17,18). The molecule has 2 N–H and O–H groups in total. The number of fused-ring (bicyclic) bond motifs is 1. The zero-order valence-corrected chi connectivity index (χ0v) is 9.42. The van der Waals surface area contributed by atoms with Crippen LogP contribution in [0.5, 0.6) is 0 Å². The Morgan fingerprint density at radius 2 is 2.17 bits per heavy atom. The molecule has 0 heterocycles. The molecule has 1 aliphatic carbocycles. The van der Waals surface area contributed by atoms with Crippen molar-refractivity contribution in [2.24, 2.45) is 0 Å². The summed E-state index contributed by atoms with van der Waals surface area (Å²) in [6.07, 6.45) is -3.02. The fourth-order valence-corrected chi connectivity index (χ4v) is 2.19. The lowest BCUT2D eigenvalue weighted by atomic mass is 10.0. The second-order valence-corrected chi connectivity index (χ2v) is 4.31. The average Bonchev–Trinajstić information content (AvgIpc) is 2.67. The molecule has 3 nitrogen and oxygen atoms in total. The number of aryl methyl sites for hydroxylation is 1. The molecule has 0 aromatic heterocycles. The minimum absolute atomic E-state index is 0.106. The van der Waals surface area contributed by atoms with Crippen LogP contribution >= 0.6 is 0 Å². The molecular weight excluding hydrogens is 247 g/mol. The molecule has 0 aliphatic heterocycles. The Morgan fingerprint density at radius 1 is 1.44 bits per heavy atom. The molecule has 1 aromatic rings. The number of hydrogen-bond acceptors (Lipinski definition) is 2. The Bertz CT molecular complexity index is 471. The quantitative estimate of drug-likeness (QED) is 0.877. The number of hydrogen-bond donors (Lipinski definition) is 2. The first kappa shape index (κ1) is 12.9. The molecule has 2 rings (SSSR count). The van der Waals surface area contributed by atoms with Crippen LogP contribution in [0.1, 0.15) is 33.9 Å². The molecule has 1 atom stereocenters. The van der Waals surface area contributed by atoms with E-state index >= 15 is 0 Å². The van der Waals surface area contributed by atoms with Crippen LogP contribution in [-0.4, -0.2) is 23.8 Å². The molecule has 1 aromatic carbocycles. The van der Waals surface area contributed by atoms with Crippen LogP contribution in [-0.2, 0) is 6.42 Å². The topological polar surface area (TPSA) is 49.3 Å². The van der Waals surface area contributed by atoms with Gasteiger partial charge in [-0.2, -0.15) is 13.2 Å². The summed E-state index contributed by atoms with van der Waals surface area (Å²) in [6, 6.07) is 4.20. The first-order valence-electron chi connectivity index (χ1n) is 5.53. The van der Waals surface area contributed by atoms with Crippen LogP contribution < -0.4 is 5.32 Å². The van der Waals surface area contributed by atoms with E-state index in [1.165, 1.54) is 12.1 Å². The summed E-state index contributed by atoms with van der Waals surface area (Å²) in [5.41, 5.74) is 1.69. The van der Waals surface area contributed by atoms with Gasteiger partial charge in [-0.05, 0) is 36.1 Å². The first-order valence-corrected chi connectivity index (χ1v) is 5.53. The van der Waals surface area contributed by atoms with Gasteiger partial charge < -0.3 is 10.4 Å². The number of halogens is 3. The maximum atomic E-state index is 12.1. The number of rotatable bonds is 3. The van der Waals surface area contributed by atoms with Crippen molar-refractivity contribution in [1.29, 1.82) is 0 Å². The molecule has 1 aliphatic rings. The van der Waals surface area contributed by atoms with E-state index in [0.29, 0.717) is 18.4 Å². The number of nitrogens with one attached hydrogen (secondary N) is 1. The molecule has 0 bridgehead atoms. The molecule has 0 radical (unpaired) electrons. The average molecular weight is 259 g/mol. The van der Waals surface area contributed by atoms with Gasteiger partial charge in [0.25, 0.3) is 0 Å². The Labute approximate surface area is 102 Å². The lowest BCUT2D eigenvalue weighted by Gasteiger charge is -2.16. The normalized spacial score (nSPS) is 18.7. The summed E-state index contributed by atoms with van der Waals surface area (Å²) in [5, 5.41) is 11.3. The fourth-order valence-electron chi connectivity index (χ4n) is 2.19. The minimum Gasteiger partial charge on any atom is -0.478 e. The van der Waals surface area contributed by atoms with Gasteiger partial charge in [-0.3, -0.25) is 0 Å². The van der Waals surface area contributed by atoms with Gasteiger partial charge in [0.1, 0.15) is 0 Å². The highest BCUT2D eigenvalue weighted by Crippen LogP contribution is 2.32. The summed E-state index contributed by atoms with van der Waals surface area (Å²) in [5.74, 6) is -1.07. The molecule has 0 amide bonds. The molecule has 0 saturated carbocycles. The lowest BCUT2D eigenvalue weighted by Crippen LogP contribution is -2.31. The summed E-state index contributed by atoms with van der Waals surface area (Å²) >= 11 is 0. The molecule has 0 fully saturated rings. The van der Waals surface area contributed by atoms with Gasteiger partial charge >= 0.3 is 12.1 Å². The second-order valence-electron chi connectivity index (χ2n) is 4.31. The third kappa shape index (κ3) is 2.81. The number of benzene rings is 1. The maximum absolute atomic E-state index is 12.1. The van der Waals surface area contributed by atoms with Crippen LogP contribution in [0, 0.1) is 0 Å². The van der Waals surface area contributed by atoms with E-state index < -0.39 is 24.7 Å². The summed E-state index contributed by atoms with van der Waals surface area (Å²) in [6.45, 7) is -1.06. The largest absolute Gasteiger partial charge is 0.478 e. The van der Waals surface area contributed by atoms with Crippen molar-refractivity contribution in [2.45, 2.75) is 25.1 Å². The van der Waals surface area contributed by atoms with E-state index in [1.54, 1.807) is 6.07 Å². The molecule has 0 spiro atoms. The maximum Gasteiger partial charge on any atom is 0.401 e. The highest BCUT2D eigenvalue weighted by molar-refractivity contribution is 5.88. The van der Waals surface area contributed by atoms with E-state index in [2.05, 4.69) is 5.32 Å². The van der Waals surface area contributed by atoms with Crippen molar-refractivity contribution in [3.05, 3.63) is 34.9 Å². The monoisotopic (exact) mass is 259 g/mol. The van der Waals surface area contributed by atoms with Crippen molar-refractivity contribution < 1.29 is 23.1 Å². The van der Waals surface area contributed by atoms with Crippen LogP contribution in [0.4, 0.5) is 13.2 Å². The van der Waals surface area contributed by atoms with E-state index in [4.69, 9.17) is 5.11 Å². The minimum atomic E-state index is -4.26. The van der Waals surface area contributed by atoms with Crippen molar-refractivity contribution in [3.8, 4) is 0 Å². The van der Waals surface area contributed by atoms with Crippen LogP contribution in [0.2, 0.25) is 0 Å². The first-order chi connectivity index (χ1) is 8.37. The van der Waals surface area contributed by atoms with E-state index in [1.807, 2.05) is 0 Å². The zero-order valence-electron chi connectivity index (χ0n) is 9.42. The Balaban J connectivity index is 2.16. The molecule has 18 heavy (non-hydrogen) atoms. The fraction of sp³-hybridized carbons (Fsp3) is 0.417. The van der Waals surface area contributed by atoms with E-state index in [-0.39, 0.29) is 5.56 Å². The number of carboxylic acid groups (broad SMARTS) is 1. The van der Waals surface area contributed by atoms with E-state index in [0.717, 1.165) is 5.56 Å². The van der Waals surface area contributed by atoms with Gasteiger partial charge in [-0.25, -0.2) is 4.79 Å². The predicted octanol–water partition coefficient (Wildman–Crippen LogP) is 2.52. The second kappa shape index (κ2) is 4.61. The van der Waals surface area contributed by atoms with Gasteiger partial charge in [0, 0.05) is 6.04 Å². The Hall–Kier alpha value is -1.56. The Morgan fingerprint density at radius 3 is 2.78 bits per heavy atom. The molecule has 1 unspecified atom stereocenters. The van der Waals surface area contributed by atoms with Gasteiger partial charge in [0.05, 0.1) is 12.1 Å². The van der Waals surface area contributed by atoms with Crippen molar-refractivity contribution in [3.63, 3.8) is 0 Å². The number of alkyl halides is 3. The SMILES string of the molecule is O=C(O)c1ccc2c(c1)C(NCC(F)(F)F)CC2. The van der Waals surface area contributed by atoms with Crippen molar-refractivity contribution >= 4 is 5.97 Å². The van der Waals surface area contributed by atoms with Gasteiger partial charge in [-0.1, -0.05) is 6.07 Å². The number of carboxylic acids is 1. The van der Waals surface area contributed by atoms with Gasteiger partial charge in [-0.15, -0.1) is 0 Å². The van der Waals surface area contributed by atoms with Crippen LogP contribution in [0.25, 0.3) is 0 Å². The smallest absolute Gasteiger partial charge is 0.401 e. The number of carbonyl (C=O) groups is 1. The van der Waals surface area contributed by atoms with Crippen LogP contribution in [0.15, 0.2) is 18.2 Å². The van der Waals surface area contributed by atoms with Crippen LogP contribution in [0.3, 0.4) is 0 Å². The molecule has 6 heteroatoms. The van der Waals surface area contributed by atoms with Crippen molar-refractivity contribution in [1.82, 2.24) is 5.32 Å². The summed E-state index contributed by atoms with van der Waals surface area (Å²) in [4.78, 5) is 10.8. The highest BCUT2D eigenvalue weighted by atomic mass is 19.4. The highest BCUT2D eigenvalue weighted by Gasteiger charge is 2.30. The summed E-state index contributed by atoms with van der Waals surface area (Å²) in [7, 11) is 0. The summed E-state index contributed by atoms with van der Waals surface area (Å²) < 4.78 is 36.4. The predicted molar refractivity (Wildman–Crippen MR) is 58.5 cm³/mol. The Kier molecular flexibility index (Phi) is 3.30. The zero-order chi connectivity index (χ0) is 13.3. The van der Waals surface area contributed by atoms with Gasteiger partial charge in [0.2, 0.25) is 0 Å². The van der Waals surface area contributed by atoms with E-state index in [9.17, 15) is 18.0 Å². The third-order valence-corrected chi connectivity index (χ3v) is 3.02. The van der Waals surface area contributed by atoms with Crippen molar-refractivity contribution in [2.75, 3.05) is 6.54 Å². The molecular formula is C12H12F3NO2. The number of aromatic carboxylic acids is 1. The molecule has 98 valence electrons. The lowest BCUT2D eigenvalue weighted by molar-refractivity contribution is -0.126.